The van der Waals surface area contributed by atoms with Crippen LogP contribution in [0.15, 0.2) is 54.6 Å². The third-order valence-electron chi connectivity index (χ3n) is 3.37. The molecule has 0 heterocycles. The van der Waals surface area contributed by atoms with Crippen LogP contribution in [0, 0.1) is 6.92 Å². The summed E-state index contributed by atoms with van der Waals surface area (Å²) in [7, 11) is 0. The van der Waals surface area contributed by atoms with E-state index in [0.29, 0.717) is 0 Å². The second kappa shape index (κ2) is 6.42. The van der Waals surface area contributed by atoms with Crippen LogP contribution in [-0.2, 0) is 10.4 Å². The first-order valence-corrected chi connectivity index (χ1v) is 6.84. The van der Waals surface area contributed by atoms with Gasteiger partial charge in [0.1, 0.15) is 5.75 Å². The Morgan fingerprint density at radius 1 is 1.04 bits per heavy atom. The topological polar surface area (TPSA) is 46.5 Å². The Morgan fingerprint density at radius 2 is 1.61 bits per heavy atom. The third kappa shape index (κ3) is 3.90. The quantitative estimate of drug-likeness (QED) is 0.688. The maximum atomic E-state index is 13.3. The second-order valence-electron chi connectivity index (χ2n) is 5.19. The van der Waals surface area contributed by atoms with Crippen LogP contribution in [0.2, 0.25) is 0 Å². The molecular weight excluding hydrogens is 309 g/mol. The van der Waals surface area contributed by atoms with Crippen LogP contribution in [-0.4, -0.2) is 17.3 Å². The summed E-state index contributed by atoms with van der Waals surface area (Å²) in [5, 5.41) is 10.1. The lowest BCUT2D eigenvalue weighted by atomic mass is 9.89. The summed E-state index contributed by atoms with van der Waals surface area (Å²) in [6.45, 7) is 1.71. The predicted octanol–water partition coefficient (Wildman–Crippen LogP) is 3.74. The van der Waals surface area contributed by atoms with Gasteiger partial charge >= 0.3 is 12.1 Å². The van der Waals surface area contributed by atoms with Gasteiger partial charge in [0.15, 0.2) is 5.60 Å². The van der Waals surface area contributed by atoms with E-state index in [1.165, 1.54) is 24.3 Å². The number of aryl methyl sites for hydroxylation is 1. The van der Waals surface area contributed by atoms with E-state index in [0.717, 1.165) is 17.7 Å². The molecule has 0 aliphatic carbocycles. The molecule has 2 aromatic carbocycles. The molecule has 0 aliphatic rings. The van der Waals surface area contributed by atoms with Crippen LogP contribution in [0.5, 0.6) is 5.75 Å². The number of carbonyl (C=O) groups excluding carboxylic acids is 1. The van der Waals surface area contributed by atoms with E-state index < -0.39 is 29.7 Å². The predicted molar refractivity (Wildman–Crippen MR) is 77.8 cm³/mol. The summed E-state index contributed by atoms with van der Waals surface area (Å²) in [6.07, 6.45) is -6.24. The lowest BCUT2D eigenvalue weighted by molar-refractivity contribution is -0.268. The molecular formula is C17H15F3O3. The average Bonchev–Trinajstić information content (AvgIpc) is 2.47. The fourth-order valence-electron chi connectivity index (χ4n) is 2.06. The van der Waals surface area contributed by atoms with Gasteiger partial charge in [-0.1, -0.05) is 48.0 Å². The number of carbonyl (C=O) groups is 1. The van der Waals surface area contributed by atoms with Crippen molar-refractivity contribution in [3.63, 3.8) is 0 Å². The molecule has 6 heteroatoms. The number of aliphatic hydroxyl groups is 1. The highest BCUT2D eigenvalue weighted by atomic mass is 19.4. The molecule has 0 fully saturated rings. The van der Waals surface area contributed by atoms with Crippen LogP contribution in [0.4, 0.5) is 13.2 Å². The molecule has 0 saturated heterocycles. The zero-order valence-corrected chi connectivity index (χ0v) is 12.3. The molecule has 0 saturated carbocycles. The van der Waals surface area contributed by atoms with Crippen LogP contribution < -0.4 is 4.74 Å². The number of para-hydroxylation sites is 1. The second-order valence-corrected chi connectivity index (χ2v) is 5.19. The van der Waals surface area contributed by atoms with Gasteiger partial charge in [0.2, 0.25) is 0 Å². The van der Waals surface area contributed by atoms with Crippen LogP contribution in [0.25, 0.3) is 0 Å². The maximum Gasteiger partial charge on any atom is 0.422 e. The molecule has 0 aliphatic heterocycles. The highest BCUT2D eigenvalue weighted by Crippen LogP contribution is 2.41. The number of hydrogen-bond acceptors (Lipinski definition) is 3. The van der Waals surface area contributed by atoms with Gasteiger partial charge in [0, 0.05) is 0 Å². The highest BCUT2D eigenvalue weighted by Gasteiger charge is 2.56. The van der Waals surface area contributed by atoms with Crippen molar-refractivity contribution in [1.29, 1.82) is 0 Å². The Morgan fingerprint density at radius 3 is 2.13 bits per heavy atom. The summed E-state index contributed by atoms with van der Waals surface area (Å²) in [5.41, 5.74) is -2.96. The Hall–Kier alpha value is -2.34. The summed E-state index contributed by atoms with van der Waals surface area (Å²) in [5.74, 6) is -1.05. The number of hydrogen-bond donors (Lipinski definition) is 1. The van der Waals surface area contributed by atoms with Crippen molar-refractivity contribution in [3.8, 4) is 5.75 Å². The smallest absolute Gasteiger partial charge is 0.422 e. The van der Waals surface area contributed by atoms with Crippen LogP contribution in [0.3, 0.4) is 0 Å². The molecule has 0 aromatic heterocycles. The molecule has 0 bridgehead atoms. The molecule has 2 aromatic rings. The van der Waals surface area contributed by atoms with Crippen molar-refractivity contribution >= 4 is 5.97 Å². The molecule has 122 valence electrons. The lowest BCUT2D eigenvalue weighted by Gasteiger charge is -2.30. The largest absolute Gasteiger partial charge is 0.426 e. The molecule has 1 unspecified atom stereocenters. The highest BCUT2D eigenvalue weighted by molar-refractivity contribution is 5.74. The first kappa shape index (κ1) is 17.0. The van der Waals surface area contributed by atoms with E-state index in [1.54, 1.807) is 25.1 Å². The Bertz CT molecular complexity index is 666. The standard InChI is InChI=1S/C17H15F3O3/c1-12-7-9-13(10-8-12)16(22,17(18,19)20)11-15(21)23-14-5-3-2-4-6-14/h2-10,22H,11H2,1H3. The van der Waals surface area contributed by atoms with E-state index in [1.807, 2.05) is 0 Å². The Kier molecular flexibility index (Phi) is 4.75. The fourth-order valence-corrected chi connectivity index (χ4v) is 2.06. The van der Waals surface area contributed by atoms with E-state index in [9.17, 15) is 23.1 Å². The number of ether oxygens (including phenoxy) is 1. The zero-order chi connectivity index (χ0) is 17.1. The molecule has 1 atom stereocenters. The molecule has 1 N–H and O–H groups in total. The molecule has 0 amide bonds. The number of benzene rings is 2. The first-order chi connectivity index (χ1) is 10.7. The number of rotatable bonds is 4. The molecule has 2 rings (SSSR count). The Balaban J connectivity index is 2.25. The van der Waals surface area contributed by atoms with Gasteiger partial charge in [-0.05, 0) is 24.6 Å². The van der Waals surface area contributed by atoms with Crippen molar-refractivity contribution < 1.29 is 27.8 Å². The summed E-state index contributed by atoms with van der Waals surface area (Å²) in [6, 6.07) is 12.9. The van der Waals surface area contributed by atoms with Gasteiger partial charge < -0.3 is 9.84 Å². The van der Waals surface area contributed by atoms with E-state index >= 15 is 0 Å². The van der Waals surface area contributed by atoms with Gasteiger partial charge in [0.25, 0.3) is 0 Å². The van der Waals surface area contributed by atoms with E-state index in [2.05, 4.69) is 0 Å². The fraction of sp³-hybridized carbons (Fsp3) is 0.235. The molecule has 0 radical (unpaired) electrons. The van der Waals surface area contributed by atoms with Gasteiger partial charge in [0.05, 0.1) is 6.42 Å². The normalized spacial score (nSPS) is 14.1. The van der Waals surface area contributed by atoms with Gasteiger partial charge in [-0.3, -0.25) is 4.79 Å². The summed E-state index contributed by atoms with van der Waals surface area (Å²) < 4.78 is 44.8. The van der Waals surface area contributed by atoms with Crippen molar-refractivity contribution in [2.45, 2.75) is 25.1 Å². The monoisotopic (exact) mass is 324 g/mol. The lowest BCUT2D eigenvalue weighted by Crippen LogP contribution is -2.44. The average molecular weight is 324 g/mol. The number of alkyl halides is 3. The summed E-state index contributed by atoms with van der Waals surface area (Å²) >= 11 is 0. The SMILES string of the molecule is Cc1ccc(C(O)(CC(=O)Oc2ccccc2)C(F)(F)F)cc1. The van der Waals surface area contributed by atoms with E-state index in [4.69, 9.17) is 4.74 Å². The third-order valence-corrected chi connectivity index (χ3v) is 3.37. The molecule has 3 nitrogen and oxygen atoms in total. The maximum absolute atomic E-state index is 13.3. The van der Waals surface area contributed by atoms with E-state index in [-0.39, 0.29) is 5.75 Å². The molecule has 0 spiro atoms. The number of halogens is 3. The van der Waals surface area contributed by atoms with Crippen LogP contribution >= 0.6 is 0 Å². The minimum absolute atomic E-state index is 0.117. The van der Waals surface area contributed by atoms with Crippen molar-refractivity contribution in [2.75, 3.05) is 0 Å². The summed E-state index contributed by atoms with van der Waals surface area (Å²) in [4.78, 5) is 11.8. The van der Waals surface area contributed by atoms with Gasteiger partial charge in [-0.25, -0.2) is 0 Å². The number of esters is 1. The molecule has 23 heavy (non-hydrogen) atoms. The van der Waals surface area contributed by atoms with Crippen molar-refractivity contribution in [1.82, 2.24) is 0 Å². The Labute approximate surface area is 131 Å². The van der Waals surface area contributed by atoms with Gasteiger partial charge in [-0.15, -0.1) is 0 Å². The van der Waals surface area contributed by atoms with Crippen LogP contribution in [0.1, 0.15) is 17.5 Å². The minimum Gasteiger partial charge on any atom is -0.426 e. The van der Waals surface area contributed by atoms with Gasteiger partial charge in [-0.2, -0.15) is 13.2 Å². The minimum atomic E-state index is -5.02. The van der Waals surface area contributed by atoms with Crippen molar-refractivity contribution in [2.24, 2.45) is 0 Å². The first-order valence-electron chi connectivity index (χ1n) is 6.84. The van der Waals surface area contributed by atoms with Crippen molar-refractivity contribution in [3.05, 3.63) is 65.7 Å². The zero-order valence-electron chi connectivity index (χ0n) is 12.3.